The summed E-state index contributed by atoms with van der Waals surface area (Å²) in [7, 11) is 0. The number of rotatable bonds is 4. The molecule has 1 N–H and O–H groups in total. The topological polar surface area (TPSA) is 29.5 Å². The Morgan fingerprint density at radius 1 is 1.05 bits per heavy atom. The number of ether oxygens (including phenoxy) is 1. The first-order valence-corrected chi connectivity index (χ1v) is 6.64. The van der Waals surface area contributed by atoms with E-state index in [2.05, 4.69) is 0 Å². The van der Waals surface area contributed by atoms with Crippen molar-refractivity contribution in [2.75, 3.05) is 6.61 Å². The minimum Gasteiger partial charge on any atom is -0.485 e. The summed E-state index contributed by atoms with van der Waals surface area (Å²) in [6.07, 6.45) is 3.79. The van der Waals surface area contributed by atoms with Crippen LogP contribution in [0.2, 0.25) is 0 Å². The molecule has 6 heteroatoms. The highest BCUT2D eigenvalue weighted by Gasteiger charge is 2.25. The van der Waals surface area contributed by atoms with E-state index in [1.54, 1.807) is 0 Å². The lowest BCUT2D eigenvalue weighted by Gasteiger charge is -2.26. The van der Waals surface area contributed by atoms with E-state index in [-0.39, 0.29) is 18.6 Å². The van der Waals surface area contributed by atoms with Gasteiger partial charge in [-0.1, -0.05) is 19.3 Å². The van der Waals surface area contributed by atoms with Crippen molar-refractivity contribution in [2.45, 2.75) is 38.2 Å². The number of aliphatic hydroxyl groups excluding tert-OH is 1. The third-order valence-corrected chi connectivity index (χ3v) is 3.66. The van der Waals surface area contributed by atoms with Crippen LogP contribution >= 0.6 is 0 Å². The Morgan fingerprint density at radius 3 is 2.15 bits per heavy atom. The third-order valence-electron chi connectivity index (χ3n) is 3.66. The second-order valence-electron chi connectivity index (χ2n) is 5.07. The average Bonchev–Trinajstić information content (AvgIpc) is 2.46. The summed E-state index contributed by atoms with van der Waals surface area (Å²) in [4.78, 5) is 0. The van der Waals surface area contributed by atoms with Crippen LogP contribution < -0.4 is 4.74 Å². The number of hydrogen-bond donors (Lipinski definition) is 1. The number of benzene rings is 1. The van der Waals surface area contributed by atoms with Gasteiger partial charge in [-0.05, 0) is 18.8 Å². The van der Waals surface area contributed by atoms with Crippen LogP contribution in [0.15, 0.2) is 6.07 Å². The lowest BCUT2D eigenvalue weighted by atomic mass is 9.85. The standard InChI is InChI=1S/C14H16F4O2/c15-9-6-10(16)13(18)14(12(9)17)20-7-11(19)8-4-2-1-3-5-8/h6,8,11,19H,1-5,7H2. The summed E-state index contributed by atoms with van der Waals surface area (Å²) in [6.45, 7) is -0.387. The van der Waals surface area contributed by atoms with Crippen LogP contribution in [0.3, 0.4) is 0 Å². The Bertz CT molecular complexity index is 446. The van der Waals surface area contributed by atoms with E-state index >= 15 is 0 Å². The first kappa shape index (κ1) is 15.1. The maximum Gasteiger partial charge on any atom is 0.203 e. The largest absolute Gasteiger partial charge is 0.485 e. The van der Waals surface area contributed by atoms with E-state index in [9.17, 15) is 22.7 Å². The molecule has 1 aliphatic carbocycles. The smallest absolute Gasteiger partial charge is 0.203 e. The van der Waals surface area contributed by atoms with Crippen LogP contribution in [0.1, 0.15) is 32.1 Å². The lowest BCUT2D eigenvalue weighted by Crippen LogP contribution is -2.29. The van der Waals surface area contributed by atoms with E-state index in [0.717, 1.165) is 32.1 Å². The molecule has 0 heterocycles. The summed E-state index contributed by atoms with van der Waals surface area (Å²) >= 11 is 0. The van der Waals surface area contributed by atoms with Gasteiger partial charge in [-0.3, -0.25) is 0 Å². The quantitative estimate of drug-likeness (QED) is 0.679. The SMILES string of the molecule is OC(COc1c(F)c(F)cc(F)c1F)C1CCCCC1. The minimum atomic E-state index is -1.58. The van der Waals surface area contributed by atoms with Crippen molar-refractivity contribution in [3.8, 4) is 5.75 Å². The summed E-state index contributed by atoms with van der Waals surface area (Å²) in [5, 5.41) is 9.90. The monoisotopic (exact) mass is 292 g/mol. The van der Waals surface area contributed by atoms with Crippen molar-refractivity contribution in [1.29, 1.82) is 0 Å². The van der Waals surface area contributed by atoms with Crippen molar-refractivity contribution in [3.05, 3.63) is 29.3 Å². The van der Waals surface area contributed by atoms with Crippen LogP contribution in [-0.4, -0.2) is 17.8 Å². The molecular weight excluding hydrogens is 276 g/mol. The first-order chi connectivity index (χ1) is 9.50. The fourth-order valence-electron chi connectivity index (χ4n) is 2.50. The second kappa shape index (κ2) is 6.43. The van der Waals surface area contributed by atoms with Gasteiger partial charge in [0.05, 0.1) is 6.10 Å². The van der Waals surface area contributed by atoms with Gasteiger partial charge in [0, 0.05) is 6.07 Å². The maximum atomic E-state index is 13.3. The molecule has 2 rings (SSSR count). The van der Waals surface area contributed by atoms with Gasteiger partial charge in [0.25, 0.3) is 0 Å². The van der Waals surface area contributed by atoms with E-state index < -0.39 is 35.1 Å². The van der Waals surface area contributed by atoms with E-state index in [0.29, 0.717) is 0 Å². The van der Waals surface area contributed by atoms with Crippen molar-refractivity contribution >= 4 is 0 Å². The molecule has 1 aromatic rings. The molecule has 0 saturated heterocycles. The lowest BCUT2D eigenvalue weighted by molar-refractivity contribution is 0.0382. The first-order valence-electron chi connectivity index (χ1n) is 6.64. The van der Waals surface area contributed by atoms with E-state index in [1.165, 1.54) is 0 Å². The third kappa shape index (κ3) is 3.23. The van der Waals surface area contributed by atoms with Crippen molar-refractivity contribution in [1.82, 2.24) is 0 Å². The Hall–Kier alpha value is -1.30. The summed E-state index contributed by atoms with van der Waals surface area (Å²) < 4.78 is 57.4. The predicted octanol–water partition coefficient (Wildman–Crippen LogP) is 3.56. The van der Waals surface area contributed by atoms with Crippen LogP contribution in [0, 0.1) is 29.2 Å². The molecule has 20 heavy (non-hydrogen) atoms. The predicted molar refractivity (Wildman–Crippen MR) is 64.4 cm³/mol. The second-order valence-corrected chi connectivity index (χ2v) is 5.07. The molecule has 1 saturated carbocycles. The molecule has 0 radical (unpaired) electrons. The highest BCUT2D eigenvalue weighted by molar-refractivity contribution is 5.28. The zero-order valence-electron chi connectivity index (χ0n) is 10.8. The molecule has 0 aromatic heterocycles. The highest BCUT2D eigenvalue weighted by atomic mass is 19.2. The molecule has 0 aliphatic heterocycles. The molecule has 2 nitrogen and oxygen atoms in total. The van der Waals surface area contributed by atoms with E-state index in [1.807, 2.05) is 0 Å². The normalized spacial score (nSPS) is 18.1. The zero-order chi connectivity index (χ0) is 14.7. The van der Waals surface area contributed by atoms with Crippen molar-refractivity contribution < 1.29 is 27.4 Å². The fraction of sp³-hybridized carbons (Fsp3) is 0.571. The molecule has 1 aliphatic rings. The number of halogens is 4. The molecule has 0 spiro atoms. The Balaban J connectivity index is 2.03. The van der Waals surface area contributed by atoms with Crippen LogP contribution in [0.5, 0.6) is 5.75 Å². The van der Waals surface area contributed by atoms with E-state index in [4.69, 9.17) is 4.74 Å². The van der Waals surface area contributed by atoms with Gasteiger partial charge in [-0.25, -0.2) is 8.78 Å². The van der Waals surface area contributed by atoms with Gasteiger partial charge in [0.2, 0.25) is 11.6 Å². The van der Waals surface area contributed by atoms with Gasteiger partial charge < -0.3 is 9.84 Å². The molecule has 0 amide bonds. The summed E-state index contributed by atoms with van der Waals surface area (Å²) in [6, 6.07) is 0.120. The Morgan fingerprint density at radius 2 is 1.60 bits per heavy atom. The Labute approximate surface area is 114 Å². The van der Waals surface area contributed by atoms with Crippen LogP contribution in [-0.2, 0) is 0 Å². The van der Waals surface area contributed by atoms with Crippen molar-refractivity contribution in [3.63, 3.8) is 0 Å². The molecule has 1 unspecified atom stereocenters. The van der Waals surface area contributed by atoms with Crippen LogP contribution in [0.4, 0.5) is 17.6 Å². The fourth-order valence-corrected chi connectivity index (χ4v) is 2.50. The number of aliphatic hydroxyl groups is 1. The van der Waals surface area contributed by atoms with Gasteiger partial charge >= 0.3 is 0 Å². The van der Waals surface area contributed by atoms with Gasteiger partial charge in [-0.15, -0.1) is 0 Å². The zero-order valence-corrected chi connectivity index (χ0v) is 10.8. The number of hydrogen-bond acceptors (Lipinski definition) is 2. The molecule has 1 aromatic carbocycles. The average molecular weight is 292 g/mol. The van der Waals surface area contributed by atoms with Crippen LogP contribution in [0.25, 0.3) is 0 Å². The molecule has 112 valence electrons. The van der Waals surface area contributed by atoms with Gasteiger partial charge in [0.1, 0.15) is 6.61 Å². The minimum absolute atomic E-state index is 0.00622. The van der Waals surface area contributed by atoms with Gasteiger partial charge in [0.15, 0.2) is 17.4 Å². The molecular formula is C14H16F4O2. The summed E-state index contributed by atoms with van der Waals surface area (Å²) in [5.41, 5.74) is 0. The molecule has 1 atom stereocenters. The summed E-state index contributed by atoms with van der Waals surface area (Å²) in [5.74, 6) is -7.33. The Kier molecular flexibility index (Phi) is 4.86. The highest BCUT2D eigenvalue weighted by Crippen LogP contribution is 2.29. The maximum absolute atomic E-state index is 13.3. The molecule has 0 bridgehead atoms. The van der Waals surface area contributed by atoms with Gasteiger partial charge in [-0.2, -0.15) is 8.78 Å². The van der Waals surface area contributed by atoms with Crippen molar-refractivity contribution in [2.24, 2.45) is 5.92 Å². The molecule has 1 fully saturated rings.